The van der Waals surface area contributed by atoms with Gasteiger partial charge in [0, 0.05) is 23.6 Å². The van der Waals surface area contributed by atoms with Crippen LogP contribution >= 0.6 is 0 Å². The number of benzene rings is 1. The number of pyridine rings is 1. The molecule has 2 rings (SSSR count). The van der Waals surface area contributed by atoms with Crippen molar-refractivity contribution in [1.82, 2.24) is 4.98 Å². The number of ether oxygens (including phenoxy) is 1. The van der Waals surface area contributed by atoms with Crippen molar-refractivity contribution in [1.29, 1.82) is 0 Å². The second-order valence-corrected chi connectivity index (χ2v) is 4.71. The van der Waals surface area contributed by atoms with Crippen LogP contribution in [0.4, 0.5) is 5.69 Å². The fourth-order valence-corrected chi connectivity index (χ4v) is 1.73. The van der Waals surface area contributed by atoms with E-state index in [9.17, 15) is 14.4 Å². The van der Waals surface area contributed by atoms with Gasteiger partial charge in [-0.2, -0.15) is 0 Å². The Kier molecular flexibility index (Phi) is 5.03. The van der Waals surface area contributed by atoms with Crippen LogP contribution in [0.25, 0.3) is 0 Å². The van der Waals surface area contributed by atoms with Gasteiger partial charge in [-0.25, -0.2) is 4.79 Å². The Morgan fingerprint density at radius 2 is 1.65 bits per heavy atom. The minimum Gasteiger partial charge on any atom is -0.449 e. The monoisotopic (exact) mass is 313 g/mol. The number of carbonyl (C=O) groups excluding carboxylic acids is 3. The third-order valence-electron chi connectivity index (χ3n) is 3.01. The quantitative estimate of drug-likeness (QED) is 0.810. The molecule has 0 fully saturated rings. The number of nitrogens with two attached hydrogens (primary N) is 1. The van der Waals surface area contributed by atoms with Crippen LogP contribution in [0, 0.1) is 0 Å². The van der Waals surface area contributed by atoms with Gasteiger partial charge in [-0.05, 0) is 43.3 Å². The fourth-order valence-electron chi connectivity index (χ4n) is 1.73. The van der Waals surface area contributed by atoms with Crippen molar-refractivity contribution in [2.75, 3.05) is 5.32 Å². The van der Waals surface area contributed by atoms with E-state index < -0.39 is 23.9 Å². The predicted octanol–water partition coefficient (Wildman–Crippen LogP) is 1.36. The highest BCUT2D eigenvalue weighted by Crippen LogP contribution is 2.11. The number of hydrogen-bond acceptors (Lipinski definition) is 5. The van der Waals surface area contributed by atoms with E-state index in [2.05, 4.69) is 10.3 Å². The molecule has 0 radical (unpaired) electrons. The molecule has 1 aromatic carbocycles. The van der Waals surface area contributed by atoms with Crippen molar-refractivity contribution in [2.45, 2.75) is 13.0 Å². The summed E-state index contributed by atoms with van der Waals surface area (Å²) >= 11 is 0. The van der Waals surface area contributed by atoms with Gasteiger partial charge in [-0.3, -0.25) is 14.6 Å². The molecule has 7 heteroatoms. The van der Waals surface area contributed by atoms with Crippen molar-refractivity contribution >= 4 is 23.5 Å². The number of aromatic nitrogens is 1. The number of nitrogens with zero attached hydrogens (tertiary/aromatic N) is 1. The topological polar surface area (TPSA) is 111 Å². The van der Waals surface area contributed by atoms with E-state index in [4.69, 9.17) is 10.5 Å². The van der Waals surface area contributed by atoms with E-state index in [1.165, 1.54) is 55.7 Å². The van der Waals surface area contributed by atoms with Gasteiger partial charge in [0.05, 0.1) is 5.56 Å². The molecule has 0 saturated carbocycles. The molecule has 1 heterocycles. The lowest BCUT2D eigenvalue weighted by Gasteiger charge is -2.13. The summed E-state index contributed by atoms with van der Waals surface area (Å²) < 4.78 is 5.08. The smallest absolute Gasteiger partial charge is 0.339 e. The lowest BCUT2D eigenvalue weighted by atomic mass is 10.2. The highest BCUT2D eigenvalue weighted by atomic mass is 16.5. The lowest BCUT2D eigenvalue weighted by Crippen LogP contribution is -2.30. The largest absolute Gasteiger partial charge is 0.449 e. The van der Waals surface area contributed by atoms with Gasteiger partial charge in [0.2, 0.25) is 5.91 Å². The summed E-state index contributed by atoms with van der Waals surface area (Å²) in [6.07, 6.45) is 1.94. The van der Waals surface area contributed by atoms with Crippen LogP contribution < -0.4 is 11.1 Å². The Morgan fingerprint density at radius 3 is 2.22 bits per heavy atom. The highest BCUT2D eigenvalue weighted by Gasteiger charge is 2.19. The first-order valence-corrected chi connectivity index (χ1v) is 6.79. The number of hydrogen-bond donors (Lipinski definition) is 2. The van der Waals surface area contributed by atoms with Crippen LogP contribution in [0.2, 0.25) is 0 Å². The molecule has 0 aliphatic rings. The van der Waals surface area contributed by atoms with Gasteiger partial charge in [0.1, 0.15) is 0 Å². The third kappa shape index (κ3) is 4.37. The maximum Gasteiger partial charge on any atom is 0.339 e. The summed E-state index contributed by atoms with van der Waals surface area (Å²) in [6, 6.07) is 9.05. The molecule has 0 spiro atoms. The molecule has 1 atom stereocenters. The van der Waals surface area contributed by atoms with Crippen LogP contribution in [-0.4, -0.2) is 28.9 Å². The van der Waals surface area contributed by atoms with Crippen molar-refractivity contribution < 1.29 is 19.1 Å². The van der Waals surface area contributed by atoms with E-state index in [0.29, 0.717) is 16.8 Å². The molecule has 1 aromatic heterocycles. The van der Waals surface area contributed by atoms with E-state index >= 15 is 0 Å². The molecule has 7 nitrogen and oxygen atoms in total. The van der Waals surface area contributed by atoms with Crippen LogP contribution in [-0.2, 0) is 9.53 Å². The van der Waals surface area contributed by atoms with Crippen molar-refractivity contribution in [3.8, 4) is 0 Å². The molecule has 0 aliphatic heterocycles. The van der Waals surface area contributed by atoms with Crippen molar-refractivity contribution in [2.24, 2.45) is 5.73 Å². The van der Waals surface area contributed by atoms with Gasteiger partial charge >= 0.3 is 5.97 Å². The number of esters is 1. The average Bonchev–Trinajstić information content (AvgIpc) is 2.56. The normalized spacial score (nSPS) is 11.3. The van der Waals surface area contributed by atoms with E-state index in [1.807, 2.05) is 0 Å². The lowest BCUT2D eigenvalue weighted by molar-refractivity contribution is -0.123. The Labute approximate surface area is 132 Å². The SMILES string of the molecule is C[C@H](OC(=O)c1ccncc1)C(=O)Nc1ccc(C(N)=O)cc1. The number of anilines is 1. The summed E-state index contributed by atoms with van der Waals surface area (Å²) in [5, 5.41) is 2.58. The van der Waals surface area contributed by atoms with Crippen LogP contribution in [0.1, 0.15) is 27.6 Å². The van der Waals surface area contributed by atoms with E-state index in [-0.39, 0.29) is 0 Å². The summed E-state index contributed by atoms with van der Waals surface area (Å²) in [5.74, 6) is -1.65. The molecule has 0 unspecified atom stereocenters. The molecule has 3 N–H and O–H groups in total. The van der Waals surface area contributed by atoms with Crippen LogP contribution in [0.3, 0.4) is 0 Å². The number of nitrogens with one attached hydrogen (secondary N) is 1. The van der Waals surface area contributed by atoms with Gasteiger partial charge in [-0.1, -0.05) is 0 Å². The van der Waals surface area contributed by atoms with Gasteiger partial charge in [0.25, 0.3) is 5.91 Å². The molecular weight excluding hydrogens is 298 g/mol. The average molecular weight is 313 g/mol. The highest BCUT2D eigenvalue weighted by molar-refractivity contribution is 5.98. The summed E-state index contributed by atoms with van der Waals surface area (Å²) in [6.45, 7) is 1.46. The molecule has 118 valence electrons. The third-order valence-corrected chi connectivity index (χ3v) is 3.01. The molecule has 2 aromatic rings. The maximum absolute atomic E-state index is 12.0. The van der Waals surface area contributed by atoms with Crippen LogP contribution in [0.5, 0.6) is 0 Å². The Bertz CT molecular complexity index is 714. The molecule has 0 bridgehead atoms. The maximum atomic E-state index is 12.0. The second-order valence-electron chi connectivity index (χ2n) is 4.71. The molecule has 0 saturated heterocycles. The molecule has 23 heavy (non-hydrogen) atoms. The predicted molar refractivity (Wildman–Crippen MR) is 82.7 cm³/mol. The first-order chi connectivity index (χ1) is 11.0. The minimum absolute atomic E-state index is 0.311. The summed E-state index contributed by atoms with van der Waals surface area (Å²) in [4.78, 5) is 38.6. The van der Waals surface area contributed by atoms with Crippen molar-refractivity contribution in [3.63, 3.8) is 0 Å². The number of primary amides is 1. The Balaban J connectivity index is 1.94. The molecular formula is C16H15N3O4. The fraction of sp³-hybridized carbons (Fsp3) is 0.125. The Morgan fingerprint density at radius 1 is 1.04 bits per heavy atom. The van der Waals surface area contributed by atoms with Gasteiger partial charge in [0.15, 0.2) is 6.10 Å². The van der Waals surface area contributed by atoms with Gasteiger partial charge < -0.3 is 15.8 Å². The number of carbonyl (C=O) groups is 3. The van der Waals surface area contributed by atoms with E-state index in [0.717, 1.165) is 0 Å². The zero-order chi connectivity index (χ0) is 16.8. The zero-order valence-corrected chi connectivity index (χ0v) is 12.4. The second kappa shape index (κ2) is 7.17. The number of amides is 2. The van der Waals surface area contributed by atoms with Crippen LogP contribution in [0.15, 0.2) is 48.8 Å². The van der Waals surface area contributed by atoms with Gasteiger partial charge in [-0.15, -0.1) is 0 Å². The first kappa shape index (κ1) is 16.2. The first-order valence-electron chi connectivity index (χ1n) is 6.79. The van der Waals surface area contributed by atoms with Crippen molar-refractivity contribution in [3.05, 3.63) is 59.9 Å². The minimum atomic E-state index is -0.980. The standard InChI is InChI=1S/C16H15N3O4/c1-10(23-16(22)12-6-8-18-9-7-12)15(21)19-13-4-2-11(3-5-13)14(17)20/h2-10H,1H3,(H2,17,20)(H,19,21)/t10-/m0/s1. The van der Waals surface area contributed by atoms with E-state index in [1.54, 1.807) is 0 Å². The zero-order valence-electron chi connectivity index (χ0n) is 12.4. The Hall–Kier alpha value is -3.22. The number of rotatable bonds is 5. The summed E-state index contributed by atoms with van der Waals surface area (Å²) in [7, 11) is 0. The summed E-state index contributed by atoms with van der Waals surface area (Å²) in [5.41, 5.74) is 6.24. The molecule has 0 aliphatic carbocycles. The molecule has 2 amide bonds.